The molecule has 1 aromatic rings. The number of ether oxygens (including phenoxy) is 1. The molecule has 100 valence electrons. The van der Waals surface area contributed by atoms with Gasteiger partial charge >= 0.3 is 0 Å². The maximum atomic E-state index is 12.5. The first-order chi connectivity index (χ1) is 8.51. The highest BCUT2D eigenvalue weighted by Crippen LogP contribution is 2.23. The van der Waals surface area contributed by atoms with Crippen molar-refractivity contribution in [3.05, 3.63) is 32.7 Å². The van der Waals surface area contributed by atoms with Gasteiger partial charge in [-0.2, -0.15) is 0 Å². The minimum Gasteiger partial charge on any atom is -0.383 e. The summed E-state index contributed by atoms with van der Waals surface area (Å²) in [7, 11) is 1.64. The van der Waals surface area contributed by atoms with E-state index >= 15 is 0 Å². The number of nitrogens with zero attached hydrogens (tertiary/aromatic N) is 1. The largest absolute Gasteiger partial charge is 0.383 e. The third kappa shape index (κ3) is 3.80. The lowest BCUT2D eigenvalue weighted by molar-refractivity contribution is 0.0578. The Kier molecular flexibility index (Phi) is 6.32. The van der Waals surface area contributed by atoms with Crippen LogP contribution in [0.25, 0.3) is 0 Å². The molecule has 0 aliphatic carbocycles. The molecule has 3 nitrogen and oxygen atoms in total. The molecule has 0 N–H and O–H groups in total. The summed E-state index contributed by atoms with van der Waals surface area (Å²) in [6.45, 7) is 5.14. The van der Waals surface area contributed by atoms with E-state index in [4.69, 9.17) is 4.74 Å². The molecular formula is C13H17Br2NO2. The van der Waals surface area contributed by atoms with Gasteiger partial charge in [0.15, 0.2) is 0 Å². The van der Waals surface area contributed by atoms with Crippen LogP contribution in [0.15, 0.2) is 27.1 Å². The molecule has 18 heavy (non-hydrogen) atoms. The Morgan fingerprint density at radius 2 is 2.11 bits per heavy atom. The molecule has 1 rings (SSSR count). The molecule has 0 radical (unpaired) electrons. The van der Waals surface area contributed by atoms with Crippen LogP contribution in [0.4, 0.5) is 0 Å². The molecular weight excluding hydrogens is 362 g/mol. The number of benzene rings is 1. The number of halogens is 2. The molecule has 0 saturated carbocycles. The lowest BCUT2D eigenvalue weighted by Crippen LogP contribution is -2.41. The Morgan fingerprint density at radius 3 is 2.67 bits per heavy atom. The number of hydrogen-bond acceptors (Lipinski definition) is 2. The van der Waals surface area contributed by atoms with Crippen molar-refractivity contribution < 1.29 is 9.53 Å². The fourth-order valence-corrected chi connectivity index (χ4v) is 2.58. The van der Waals surface area contributed by atoms with Crippen molar-refractivity contribution in [1.29, 1.82) is 0 Å². The fourth-order valence-electron chi connectivity index (χ4n) is 1.80. The lowest BCUT2D eigenvalue weighted by Gasteiger charge is -2.28. The van der Waals surface area contributed by atoms with Gasteiger partial charge in [0, 0.05) is 22.6 Å². The summed E-state index contributed by atoms with van der Waals surface area (Å²) in [5.74, 6) is 0.00947. The number of amides is 1. The summed E-state index contributed by atoms with van der Waals surface area (Å²) in [6.07, 6.45) is 0. The van der Waals surface area contributed by atoms with Crippen molar-refractivity contribution in [2.45, 2.75) is 19.9 Å². The van der Waals surface area contributed by atoms with Gasteiger partial charge in [0.1, 0.15) is 0 Å². The highest BCUT2D eigenvalue weighted by atomic mass is 79.9. The van der Waals surface area contributed by atoms with Crippen molar-refractivity contribution in [3.8, 4) is 0 Å². The van der Waals surface area contributed by atoms with E-state index in [1.807, 2.05) is 32.0 Å². The van der Waals surface area contributed by atoms with E-state index in [1.165, 1.54) is 0 Å². The predicted molar refractivity (Wildman–Crippen MR) is 79.9 cm³/mol. The highest BCUT2D eigenvalue weighted by Gasteiger charge is 2.21. The number of carbonyl (C=O) groups is 1. The van der Waals surface area contributed by atoms with Gasteiger partial charge in [-0.3, -0.25) is 4.79 Å². The van der Waals surface area contributed by atoms with E-state index in [9.17, 15) is 4.79 Å². The van der Waals surface area contributed by atoms with Crippen molar-refractivity contribution in [3.63, 3.8) is 0 Å². The van der Waals surface area contributed by atoms with E-state index in [0.29, 0.717) is 18.7 Å². The zero-order valence-electron chi connectivity index (χ0n) is 10.7. The Balaban J connectivity index is 2.99. The van der Waals surface area contributed by atoms with Crippen LogP contribution >= 0.6 is 31.9 Å². The first-order valence-electron chi connectivity index (χ1n) is 5.76. The maximum Gasteiger partial charge on any atom is 0.255 e. The van der Waals surface area contributed by atoms with Crippen molar-refractivity contribution in [2.24, 2.45) is 0 Å². The van der Waals surface area contributed by atoms with E-state index in [0.717, 1.165) is 8.95 Å². The SMILES string of the molecule is CCN(C(=O)c1cc(Br)ccc1Br)C(C)COC. The summed E-state index contributed by atoms with van der Waals surface area (Å²) >= 11 is 6.80. The fraction of sp³-hybridized carbons (Fsp3) is 0.462. The second-order valence-electron chi connectivity index (χ2n) is 4.02. The van der Waals surface area contributed by atoms with Crippen molar-refractivity contribution in [1.82, 2.24) is 4.90 Å². The van der Waals surface area contributed by atoms with Gasteiger partial charge in [-0.25, -0.2) is 0 Å². The molecule has 0 heterocycles. The Labute approximate surface area is 125 Å². The molecule has 0 bridgehead atoms. The molecule has 0 aromatic heterocycles. The third-order valence-electron chi connectivity index (χ3n) is 2.70. The lowest BCUT2D eigenvalue weighted by atomic mass is 10.1. The summed E-state index contributed by atoms with van der Waals surface area (Å²) in [5, 5.41) is 0. The van der Waals surface area contributed by atoms with Crippen LogP contribution in [0.2, 0.25) is 0 Å². The molecule has 0 aliphatic rings. The third-order valence-corrected chi connectivity index (χ3v) is 3.89. The highest BCUT2D eigenvalue weighted by molar-refractivity contribution is 9.11. The molecule has 1 amide bonds. The number of methoxy groups -OCH3 is 1. The van der Waals surface area contributed by atoms with E-state index in [-0.39, 0.29) is 11.9 Å². The second-order valence-corrected chi connectivity index (χ2v) is 5.79. The van der Waals surface area contributed by atoms with Crippen LogP contribution in [0, 0.1) is 0 Å². The van der Waals surface area contributed by atoms with Crippen LogP contribution in [0.5, 0.6) is 0 Å². The minimum absolute atomic E-state index is 0.00947. The smallest absolute Gasteiger partial charge is 0.255 e. The average Bonchev–Trinajstić information content (AvgIpc) is 2.33. The first-order valence-corrected chi connectivity index (χ1v) is 7.34. The Bertz CT molecular complexity index is 423. The van der Waals surface area contributed by atoms with Gasteiger partial charge in [-0.1, -0.05) is 15.9 Å². The summed E-state index contributed by atoms with van der Waals surface area (Å²) in [4.78, 5) is 14.3. The summed E-state index contributed by atoms with van der Waals surface area (Å²) in [5.41, 5.74) is 0.661. The molecule has 0 aliphatic heterocycles. The minimum atomic E-state index is 0.00947. The molecule has 1 atom stereocenters. The molecule has 0 saturated heterocycles. The van der Waals surface area contributed by atoms with Gasteiger partial charge in [0.2, 0.25) is 0 Å². The topological polar surface area (TPSA) is 29.5 Å². The monoisotopic (exact) mass is 377 g/mol. The normalized spacial score (nSPS) is 12.3. The standard InChI is InChI=1S/C13H17Br2NO2/c1-4-16(9(2)8-18-3)13(17)11-7-10(14)5-6-12(11)15/h5-7,9H,4,8H2,1-3H3. The zero-order valence-corrected chi connectivity index (χ0v) is 13.9. The van der Waals surface area contributed by atoms with E-state index in [1.54, 1.807) is 12.0 Å². The average molecular weight is 379 g/mol. The molecule has 0 fully saturated rings. The zero-order chi connectivity index (χ0) is 13.7. The Morgan fingerprint density at radius 1 is 1.44 bits per heavy atom. The molecule has 0 spiro atoms. The van der Waals surface area contributed by atoms with Crippen molar-refractivity contribution >= 4 is 37.8 Å². The van der Waals surface area contributed by atoms with Crippen LogP contribution < -0.4 is 0 Å². The summed E-state index contributed by atoms with van der Waals surface area (Å²) < 4.78 is 6.81. The van der Waals surface area contributed by atoms with Gasteiger partial charge in [0.25, 0.3) is 5.91 Å². The number of rotatable bonds is 5. The molecule has 1 aromatic carbocycles. The molecule has 1 unspecified atom stereocenters. The van der Waals surface area contributed by atoms with Crippen LogP contribution in [0.3, 0.4) is 0 Å². The maximum absolute atomic E-state index is 12.5. The van der Waals surface area contributed by atoms with Crippen LogP contribution in [-0.2, 0) is 4.74 Å². The second kappa shape index (κ2) is 7.26. The predicted octanol–water partition coefficient (Wildman–Crippen LogP) is 3.71. The quantitative estimate of drug-likeness (QED) is 0.781. The van der Waals surface area contributed by atoms with Crippen LogP contribution in [-0.4, -0.2) is 37.1 Å². The first kappa shape index (κ1) is 15.7. The van der Waals surface area contributed by atoms with Crippen molar-refractivity contribution in [2.75, 3.05) is 20.3 Å². The number of hydrogen-bond donors (Lipinski definition) is 0. The van der Waals surface area contributed by atoms with Crippen LogP contribution in [0.1, 0.15) is 24.2 Å². The number of likely N-dealkylation sites (N-methyl/N-ethyl adjacent to an activating group) is 1. The van der Waals surface area contributed by atoms with E-state index in [2.05, 4.69) is 31.9 Å². The van der Waals surface area contributed by atoms with Gasteiger partial charge in [-0.15, -0.1) is 0 Å². The van der Waals surface area contributed by atoms with E-state index < -0.39 is 0 Å². The van der Waals surface area contributed by atoms with Gasteiger partial charge in [-0.05, 0) is 48.0 Å². The number of carbonyl (C=O) groups excluding carboxylic acids is 1. The Hall–Kier alpha value is -0.390. The van der Waals surface area contributed by atoms with Gasteiger partial charge in [0.05, 0.1) is 18.2 Å². The van der Waals surface area contributed by atoms with Gasteiger partial charge < -0.3 is 9.64 Å². The molecule has 5 heteroatoms. The summed E-state index contributed by atoms with van der Waals surface area (Å²) in [6, 6.07) is 5.65.